The molecule has 9 nitrogen and oxygen atoms in total. The molecule has 0 aliphatic carbocycles. The zero-order valence-corrected chi connectivity index (χ0v) is 18.5. The highest BCUT2D eigenvalue weighted by atomic mass is 19.4. The lowest BCUT2D eigenvalue weighted by Gasteiger charge is -2.26. The summed E-state index contributed by atoms with van der Waals surface area (Å²) < 4.78 is 51.5. The molecule has 1 aliphatic heterocycles. The van der Waals surface area contributed by atoms with Crippen LogP contribution >= 0.6 is 0 Å². The van der Waals surface area contributed by atoms with Crippen molar-refractivity contribution in [1.82, 2.24) is 25.1 Å². The highest BCUT2D eigenvalue weighted by molar-refractivity contribution is 5.94. The number of nitrogens with one attached hydrogen (secondary N) is 2. The second-order valence-electron chi connectivity index (χ2n) is 7.87. The maximum atomic E-state index is 13.2. The van der Waals surface area contributed by atoms with E-state index in [0.717, 1.165) is 23.9 Å². The van der Waals surface area contributed by atoms with Gasteiger partial charge >= 0.3 is 6.18 Å². The molecule has 0 saturated carbocycles. The fourth-order valence-electron chi connectivity index (χ4n) is 3.93. The Kier molecular flexibility index (Phi) is 6.28. The fraction of sp³-hybridized carbons (Fsp3) is 0.524. The lowest BCUT2D eigenvalue weighted by molar-refractivity contribution is -0.153. The van der Waals surface area contributed by atoms with Gasteiger partial charge < -0.3 is 19.8 Å². The molecule has 33 heavy (non-hydrogen) atoms. The number of aryl methyl sites for hydroxylation is 3. The molecule has 1 amide bonds. The number of carbonyl (C=O) groups is 1. The molecule has 1 fully saturated rings. The second-order valence-corrected chi connectivity index (χ2v) is 7.87. The highest BCUT2D eigenvalue weighted by Gasteiger charge is 2.41. The number of anilines is 1. The van der Waals surface area contributed by atoms with E-state index in [0.29, 0.717) is 36.7 Å². The van der Waals surface area contributed by atoms with Crippen LogP contribution < -0.4 is 10.6 Å². The van der Waals surface area contributed by atoms with E-state index in [4.69, 9.17) is 4.74 Å². The van der Waals surface area contributed by atoms with Crippen LogP contribution in [0.15, 0.2) is 10.6 Å². The van der Waals surface area contributed by atoms with E-state index in [9.17, 15) is 18.0 Å². The van der Waals surface area contributed by atoms with E-state index in [1.807, 2.05) is 6.92 Å². The average Bonchev–Trinajstić information content (AvgIpc) is 3.37. The SMILES string of the molecule is CCn1ncc2c(NC3CCOCC3)c(CNC(=O)c3nc(C)oc3C(F)(F)F)c(C)nc21. The molecule has 2 N–H and O–H groups in total. The number of ether oxygens (including phenoxy) is 1. The minimum Gasteiger partial charge on any atom is -0.436 e. The molecule has 0 spiro atoms. The van der Waals surface area contributed by atoms with Gasteiger partial charge in [-0.2, -0.15) is 18.3 Å². The van der Waals surface area contributed by atoms with Crippen LogP contribution in [0.1, 0.15) is 53.2 Å². The minimum absolute atomic E-state index is 0.0420. The number of aromatic nitrogens is 4. The predicted octanol–water partition coefficient (Wildman–Crippen LogP) is 3.60. The zero-order valence-electron chi connectivity index (χ0n) is 18.5. The molecular weight excluding hydrogens is 441 g/mol. The van der Waals surface area contributed by atoms with Crippen molar-refractivity contribution in [1.29, 1.82) is 0 Å². The summed E-state index contributed by atoms with van der Waals surface area (Å²) in [6.45, 7) is 6.88. The lowest BCUT2D eigenvalue weighted by atomic mass is 10.0. The Balaban J connectivity index is 1.66. The Morgan fingerprint density at radius 2 is 1.97 bits per heavy atom. The summed E-state index contributed by atoms with van der Waals surface area (Å²) in [5.74, 6) is -2.62. The Morgan fingerprint density at radius 1 is 1.24 bits per heavy atom. The van der Waals surface area contributed by atoms with Crippen molar-refractivity contribution in [2.75, 3.05) is 18.5 Å². The second kappa shape index (κ2) is 9.00. The fourth-order valence-corrected chi connectivity index (χ4v) is 3.93. The molecular formula is C21H25F3N6O3. The normalized spacial score (nSPS) is 15.2. The van der Waals surface area contributed by atoms with Gasteiger partial charge in [0, 0.05) is 50.5 Å². The number of oxazole rings is 1. The van der Waals surface area contributed by atoms with E-state index in [-0.39, 0.29) is 18.5 Å². The van der Waals surface area contributed by atoms with Crippen LogP contribution in [0, 0.1) is 13.8 Å². The van der Waals surface area contributed by atoms with Gasteiger partial charge in [-0.15, -0.1) is 0 Å². The maximum absolute atomic E-state index is 13.2. The first-order valence-corrected chi connectivity index (χ1v) is 10.7. The van der Waals surface area contributed by atoms with Gasteiger partial charge in [0.2, 0.25) is 5.76 Å². The number of amides is 1. The third-order valence-corrected chi connectivity index (χ3v) is 5.59. The maximum Gasteiger partial charge on any atom is 0.452 e. The van der Waals surface area contributed by atoms with Gasteiger partial charge in [0.1, 0.15) is 0 Å². The number of hydrogen-bond acceptors (Lipinski definition) is 7. The summed E-state index contributed by atoms with van der Waals surface area (Å²) in [5.41, 5.74) is 1.99. The quantitative estimate of drug-likeness (QED) is 0.572. The highest BCUT2D eigenvalue weighted by Crippen LogP contribution is 2.33. The summed E-state index contributed by atoms with van der Waals surface area (Å²) in [7, 11) is 0. The van der Waals surface area contributed by atoms with Gasteiger partial charge in [-0.25, -0.2) is 14.6 Å². The third kappa shape index (κ3) is 4.65. The number of alkyl halides is 3. The summed E-state index contributed by atoms with van der Waals surface area (Å²) in [6, 6.07) is 0.151. The van der Waals surface area contributed by atoms with Gasteiger partial charge in [0.05, 0.1) is 17.3 Å². The predicted molar refractivity (Wildman–Crippen MR) is 113 cm³/mol. The van der Waals surface area contributed by atoms with Crippen molar-refractivity contribution >= 4 is 22.6 Å². The van der Waals surface area contributed by atoms with Crippen molar-refractivity contribution < 1.29 is 27.1 Å². The number of rotatable bonds is 6. The first kappa shape index (κ1) is 23.0. The zero-order chi connectivity index (χ0) is 23.8. The smallest absolute Gasteiger partial charge is 0.436 e. The van der Waals surface area contributed by atoms with Crippen LogP contribution in [0.3, 0.4) is 0 Å². The Hall–Kier alpha value is -3.15. The van der Waals surface area contributed by atoms with Crippen LogP contribution in [0.5, 0.6) is 0 Å². The standard InChI is InChI=1S/C21H25F3N6O3/c1-4-30-19-15(10-26-30)16(29-13-5-7-32-8-6-13)14(11(2)27-19)9-25-20(31)17-18(21(22,23)24)33-12(3)28-17/h10,13H,4-9H2,1-3H3,(H,25,31)(H,27,29). The van der Waals surface area contributed by atoms with Crippen molar-refractivity contribution in [3.05, 3.63) is 34.8 Å². The molecule has 0 bridgehead atoms. The van der Waals surface area contributed by atoms with Crippen LogP contribution in [-0.2, 0) is 24.0 Å². The monoisotopic (exact) mass is 466 g/mol. The van der Waals surface area contributed by atoms with Crippen molar-refractivity contribution in [2.45, 2.75) is 58.9 Å². The lowest BCUT2D eigenvalue weighted by Crippen LogP contribution is -2.30. The van der Waals surface area contributed by atoms with E-state index in [1.54, 1.807) is 17.8 Å². The van der Waals surface area contributed by atoms with Crippen LogP contribution in [0.2, 0.25) is 0 Å². The van der Waals surface area contributed by atoms with Crippen molar-refractivity contribution in [3.63, 3.8) is 0 Å². The summed E-state index contributed by atoms with van der Waals surface area (Å²) in [5, 5.41) is 11.3. The topological polar surface area (TPSA) is 107 Å². The molecule has 1 saturated heterocycles. The molecule has 0 radical (unpaired) electrons. The van der Waals surface area contributed by atoms with Crippen LogP contribution in [0.25, 0.3) is 11.0 Å². The minimum atomic E-state index is -4.82. The first-order valence-electron chi connectivity index (χ1n) is 10.7. The summed E-state index contributed by atoms with van der Waals surface area (Å²) in [6.07, 6.45) is -1.50. The van der Waals surface area contributed by atoms with Gasteiger partial charge in [0.15, 0.2) is 17.2 Å². The Bertz CT molecular complexity index is 1160. The van der Waals surface area contributed by atoms with Crippen molar-refractivity contribution in [2.24, 2.45) is 0 Å². The van der Waals surface area contributed by atoms with E-state index < -0.39 is 23.5 Å². The molecule has 4 rings (SSSR count). The molecule has 178 valence electrons. The molecule has 0 aromatic carbocycles. The molecule has 1 aliphatic rings. The summed E-state index contributed by atoms with van der Waals surface area (Å²) in [4.78, 5) is 20.9. The Morgan fingerprint density at radius 3 is 2.64 bits per heavy atom. The number of nitrogens with zero attached hydrogens (tertiary/aromatic N) is 4. The number of halogens is 3. The molecule has 0 unspecified atom stereocenters. The van der Waals surface area contributed by atoms with Gasteiger partial charge in [0.25, 0.3) is 5.91 Å². The Labute approximate surface area is 187 Å². The van der Waals surface area contributed by atoms with Crippen LogP contribution in [0.4, 0.5) is 18.9 Å². The van der Waals surface area contributed by atoms with Gasteiger partial charge in [-0.1, -0.05) is 0 Å². The molecule has 4 heterocycles. The van der Waals surface area contributed by atoms with Gasteiger partial charge in [-0.3, -0.25) is 4.79 Å². The van der Waals surface area contributed by atoms with E-state index >= 15 is 0 Å². The van der Waals surface area contributed by atoms with E-state index in [1.165, 1.54) is 6.92 Å². The largest absolute Gasteiger partial charge is 0.452 e. The molecule has 0 atom stereocenters. The number of carbonyl (C=O) groups excluding carboxylic acids is 1. The first-order chi connectivity index (χ1) is 15.7. The van der Waals surface area contributed by atoms with E-state index in [2.05, 4.69) is 30.1 Å². The average molecular weight is 466 g/mol. The molecule has 3 aromatic rings. The molecule has 12 heteroatoms. The van der Waals surface area contributed by atoms with Crippen molar-refractivity contribution in [3.8, 4) is 0 Å². The number of fused-ring (bicyclic) bond motifs is 1. The van der Waals surface area contributed by atoms with Crippen LogP contribution in [-0.4, -0.2) is 44.9 Å². The summed E-state index contributed by atoms with van der Waals surface area (Å²) >= 11 is 0. The third-order valence-electron chi connectivity index (χ3n) is 5.59. The van der Waals surface area contributed by atoms with Gasteiger partial charge in [-0.05, 0) is 26.7 Å². The number of pyridine rings is 1. The molecule has 3 aromatic heterocycles. The number of hydrogen-bond donors (Lipinski definition) is 2.